The molecule has 2 amide bonds. The third-order valence-corrected chi connectivity index (χ3v) is 6.67. The average molecular weight is 452 g/mol. The number of amides is 2. The topological polar surface area (TPSA) is 80.2 Å². The van der Waals surface area contributed by atoms with Crippen molar-refractivity contribution < 1.29 is 4.79 Å². The molecule has 2 fully saturated rings. The smallest absolute Gasteiger partial charge is 0.319 e. The molecular formula is C25H30ClN5O. The van der Waals surface area contributed by atoms with Gasteiger partial charge in [0.15, 0.2) is 0 Å². The molecule has 2 aromatic rings. The molecule has 1 saturated heterocycles. The van der Waals surface area contributed by atoms with Crippen molar-refractivity contribution in [1.29, 1.82) is 5.26 Å². The zero-order chi connectivity index (χ0) is 22.3. The van der Waals surface area contributed by atoms with E-state index in [9.17, 15) is 4.79 Å². The van der Waals surface area contributed by atoms with Gasteiger partial charge in [-0.1, -0.05) is 24.4 Å². The minimum Gasteiger partial charge on any atom is -0.370 e. The molecule has 1 saturated carbocycles. The van der Waals surface area contributed by atoms with Gasteiger partial charge < -0.3 is 20.9 Å². The Morgan fingerprint density at radius 3 is 2.41 bits per heavy atom. The predicted octanol–water partition coefficient (Wildman–Crippen LogP) is 4.90. The number of nitrogens with zero attached hydrogens (tertiary/aromatic N) is 2. The number of piperidine rings is 1. The second-order valence-corrected chi connectivity index (χ2v) is 9.15. The number of halogens is 1. The zero-order valence-electron chi connectivity index (χ0n) is 18.2. The molecule has 1 aliphatic heterocycles. The number of nitriles is 1. The van der Waals surface area contributed by atoms with Gasteiger partial charge in [-0.05, 0) is 74.2 Å². The number of nitrogens with one attached hydrogen (secondary N) is 3. The van der Waals surface area contributed by atoms with E-state index < -0.39 is 0 Å². The molecule has 32 heavy (non-hydrogen) atoms. The molecule has 4 rings (SSSR count). The van der Waals surface area contributed by atoms with E-state index in [1.54, 1.807) is 24.3 Å². The fourth-order valence-corrected chi connectivity index (χ4v) is 4.90. The second kappa shape index (κ2) is 10.7. The molecule has 0 unspecified atom stereocenters. The van der Waals surface area contributed by atoms with Gasteiger partial charge >= 0.3 is 6.03 Å². The van der Waals surface area contributed by atoms with E-state index in [1.807, 2.05) is 24.3 Å². The summed E-state index contributed by atoms with van der Waals surface area (Å²) in [6, 6.07) is 17.7. The maximum atomic E-state index is 12.6. The molecule has 168 valence electrons. The van der Waals surface area contributed by atoms with Gasteiger partial charge in [-0.15, -0.1) is 0 Å². The normalized spacial score (nSPS) is 23.2. The van der Waals surface area contributed by atoms with Gasteiger partial charge in [0.05, 0.1) is 11.6 Å². The van der Waals surface area contributed by atoms with Crippen LogP contribution in [-0.2, 0) is 0 Å². The molecule has 0 radical (unpaired) electrons. The quantitative estimate of drug-likeness (QED) is 0.603. The summed E-state index contributed by atoms with van der Waals surface area (Å²) in [6.07, 6.45) is 6.62. The molecule has 2 aliphatic rings. The summed E-state index contributed by atoms with van der Waals surface area (Å²) in [7, 11) is 0. The molecular weight excluding hydrogens is 422 g/mol. The standard InChI is InChI=1S/C25H30ClN5O/c26-19-9-11-20(12-10-19)29-25(32)30-24-6-2-1-5-23(24)28-21-4-3-15-31(17-21)22-13-7-18(16-27)8-14-22/h7-14,21,23-24,28H,1-6,15,17H2,(H2,29,30,32)/t21-,23+,24+/m0/s1. The van der Waals surface area contributed by atoms with Crippen LogP contribution in [0, 0.1) is 11.3 Å². The van der Waals surface area contributed by atoms with Gasteiger partial charge in [0.1, 0.15) is 0 Å². The van der Waals surface area contributed by atoms with Crippen LogP contribution in [0.25, 0.3) is 0 Å². The van der Waals surface area contributed by atoms with Crippen molar-refractivity contribution in [2.24, 2.45) is 0 Å². The van der Waals surface area contributed by atoms with Crippen LogP contribution in [0.1, 0.15) is 44.1 Å². The third-order valence-electron chi connectivity index (χ3n) is 6.42. The van der Waals surface area contributed by atoms with Gasteiger partial charge in [-0.25, -0.2) is 4.79 Å². The lowest BCUT2D eigenvalue weighted by Gasteiger charge is -2.40. The van der Waals surface area contributed by atoms with Crippen LogP contribution < -0.4 is 20.9 Å². The maximum Gasteiger partial charge on any atom is 0.319 e. The van der Waals surface area contributed by atoms with Crippen LogP contribution in [0.15, 0.2) is 48.5 Å². The van der Waals surface area contributed by atoms with E-state index >= 15 is 0 Å². The Labute approximate surface area is 194 Å². The van der Waals surface area contributed by atoms with E-state index in [1.165, 1.54) is 6.42 Å². The van der Waals surface area contributed by atoms with E-state index in [2.05, 4.69) is 26.9 Å². The van der Waals surface area contributed by atoms with Crippen LogP contribution in [0.5, 0.6) is 0 Å². The SMILES string of the molecule is N#Cc1ccc(N2CCC[C@H](N[C@@H]3CCCC[C@H]3NC(=O)Nc3ccc(Cl)cc3)C2)cc1. The molecule has 7 heteroatoms. The Bertz CT molecular complexity index is 940. The predicted molar refractivity (Wildman–Crippen MR) is 129 cm³/mol. The van der Waals surface area contributed by atoms with Crippen molar-refractivity contribution in [2.45, 2.75) is 56.7 Å². The molecule has 1 aliphatic carbocycles. The number of urea groups is 1. The number of carbonyl (C=O) groups excluding carboxylic acids is 1. The first-order valence-corrected chi connectivity index (χ1v) is 11.8. The van der Waals surface area contributed by atoms with Crippen molar-refractivity contribution in [3.05, 3.63) is 59.1 Å². The molecule has 3 N–H and O–H groups in total. The first-order chi connectivity index (χ1) is 15.6. The van der Waals surface area contributed by atoms with Crippen LogP contribution in [0.4, 0.5) is 16.2 Å². The van der Waals surface area contributed by atoms with E-state index in [0.29, 0.717) is 16.6 Å². The minimum absolute atomic E-state index is 0.112. The van der Waals surface area contributed by atoms with Crippen molar-refractivity contribution in [3.8, 4) is 6.07 Å². The molecule has 0 aromatic heterocycles. The molecule has 0 spiro atoms. The van der Waals surface area contributed by atoms with Gasteiger partial charge in [0.25, 0.3) is 0 Å². The zero-order valence-corrected chi connectivity index (χ0v) is 18.9. The summed E-state index contributed by atoms with van der Waals surface area (Å²) in [5.74, 6) is 0. The molecule has 0 bridgehead atoms. The average Bonchev–Trinajstić information content (AvgIpc) is 2.82. The minimum atomic E-state index is -0.172. The lowest BCUT2D eigenvalue weighted by molar-refractivity contribution is 0.226. The van der Waals surface area contributed by atoms with Crippen molar-refractivity contribution in [3.63, 3.8) is 0 Å². The monoisotopic (exact) mass is 451 g/mol. The number of benzene rings is 2. The van der Waals surface area contributed by atoms with Crippen molar-refractivity contribution >= 4 is 29.0 Å². The highest BCUT2D eigenvalue weighted by Gasteiger charge is 2.30. The number of carbonyl (C=O) groups is 1. The van der Waals surface area contributed by atoms with E-state index in [4.69, 9.17) is 16.9 Å². The maximum absolute atomic E-state index is 12.6. The summed E-state index contributed by atoms with van der Waals surface area (Å²) in [6.45, 7) is 1.96. The fraction of sp³-hybridized carbons (Fsp3) is 0.440. The summed E-state index contributed by atoms with van der Waals surface area (Å²) in [5.41, 5.74) is 2.59. The first-order valence-electron chi connectivity index (χ1n) is 11.4. The Kier molecular flexibility index (Phi) is 7.51. The summed E-state index contributed by atoms with van der Waals surface area (Å²) in [5, 5.41) is 19.6. The highest BCUT2D eigenvalue weighted by atomic mass is 35.5. The van der Waals surface area contributed by atoms with Crippen LogP contribution in [0.3, 0.4) is 0 Å². The largest absolute Gasteiger partial charge is 0.370 e. The molecule has 2 aromatic carbocycles. The van der Waals surface area contributed by atoms with E-state index in [0.717, 1.165) is 56.6 Å². The number of hydrogen-bond acceptors (Lipinski definition) is 4. The number of rotatable bonds is 5. The Hall–Kier alpha value is -2.75. The van der Waals surface area contributed by atoms with Crippen molar-refractivity contribution in [2.75, 3.05) is 23.3 Å². The molecule has 1 heterocycles. The van der Waals surface area contributed by atoms with E-state index in [-0.39, 0.29) is 18.1 Å². The first kappa shape index (κ1) is 22.4. The highest BCUT2D eigenvalue weighted by Crippen LogP contribution is 2.24. The molecule has 6 nitrogen and oxygen atoms in total. The van der Waals surface area contributed by atoms with Crippen LogP contribution >= 0.6 is 11.6 Å². The summed E-state index contributed by atoms with van der Waals surface area (Å²) in [4.78, 5) is 15.0. The highest BCUT2D eigenvalue weighted by molar-refractivity contribution is 6.30. The third kappa shape index (κ3) is 5.93. The van der Waals surface area contributed by atoms with Gasteiger partial charge in [0, 0.05) is 47.6 Å². The number of hydrogen-bond donors (Lipinski definition) is 3. The summed E-state index contributed by atoms with van der Waals surface area (Å²) >= 11 is 5.93. The van der Waals surface area contributed by atoms with Gasteiger partial charge in [-0.3, -0.25) is 0 Å². The lowest BCUT2D eigenvalue weighted by atomic mass is 9.89. The second-order valence-electron chi connectivity index (χ2n) is 8.71. The van der Waals surface area contributed by atoms with Crippen LogP contribution in [-0.4, -0.2) is 37.2 Å². The van der Waals surface area contributed by atoms with Crippen LogP contribution in [0.2, 0.25) is 5.02 Å². The van der Waals surface area contributed by atoms with Gasteiger partial charge in [-0.2, -0.15) is 5.26 Å². The summed E-state index contributed by atoms with van der Waals surface area (Å²) < 4.78 is 0. The fourth-order valence-electron chi connectivity index (χ4n) is 4.77. The van der Waals surface area contributed by atoms with Gasteiger partial charge in [0.2, 0.25) is 0 Å². The van der Waals surface area contributed by atoms with Crippen molar-refractivity contribution in [1.82, 2.24) is 10.6 Å². The Morgan fingerprint density at radius 2 is 1.69 bits per heavy atom. The Balaban J connectivity index is 1.33. The molecule has 3 atom stereocenters. The lowest BCUT2D eigenvalue weighted by Crippen LogP contribution is -2.57. The Morgan fingerprint density at radius 1 is 0.969 bits per heavy atom. The number of anilines is 2.